The zero-order chi connectivity index (χ0) is 31.0. The summed E-state index contributed by atoms with van der Waals surface area (Å²) in [6.07, 6.45) is -5.32. The van der Waals surface area contributed by atoms with Gasteiger partial charge in [0.15, 0.2) is 0 Å². The Morgan fingerprint density at radius 3 is 2.40 bits per heavy atom. The van der Waals surface area contributed by atoms with E-state index in [1.54, 1.807) is 34.9 Å². The number of rotatable bonds is 7. The molecule has 0 spiro atoms. The van der Waals surface area contributed by atoms with Gasteiger partial charge in [-0.25, -0.2) is 9.78 Å². The molecule has 1 aromatic heterocycles. The Balaban J connectivity index is 1.71. The van der Waals surface area contributed by atoms with Gasteiger partial charge in [0.25, 0.3) is 5.91 Å². The number of amides is 3. The summed E-state index contributed by atoms with van der Waals surface area (Å²) in [5, 5.41) is 13.1. The molecule has 2 aromatic carbocycles. The number of alkyl halides is 3. The van der Waals surface area contributed by atoms with Gasteiger partial charge < -0.3 is 19.5 Å². The van der Waals surface area contributed by atoms with Crippen LogP contribution >= 0.6 is 11.6 Å². The number of fused-ring (bicyclic) bond motifs is 1. The average molecular weight is 608 g/mol. The molecule has 42 heavy (non-hydrogen) atoms. The smallest absolute Gasteiger partial charge is 0.465 e. The lowest BCUT2D eigenvalue weighted by molar-refractivity contribution is -0.186. The van der Waals surface area contributed by atoms with Crippen LogP contribution in [0.3, 0.4) is 0 Å². The number of carbonyl (C=O) groups is 3. The number of nitrogens with zero attached hydrogens (tertiary/aromatic N) is 4. The van der Waals surface area contributed by atoms with Gasteiger partial charge in [-0.3, -0.25) is 14.9 Å². The Morgan fingerprint density at radius 1 is 1.14 bits per heavy atom. The van der Waals surface area contributed by atoms with Crippen molar-refractivity contribution in [1.29, 1.82) is 0 Å². The molecule has 2 heterocycles. The molecule has 1 aliphatic heterocycles. The van der Waals surface area contributed by atoms with Crippen LogP contribution in [0.4, 0.5) is 23.9 Å². The molecule has 1 fully saturated rings. The van der Waals surface area contributed by atoms with Crippen molar-refractivity contribution in [2.75, 3.05) is 11.9 Å². The highest BCUT2D eigenvalue weighted by molar-refractivity contribution is 6.30. The van der Waals surface area contributed by atoms with E-state index >= 15 is 0 Å². The molecule has 2 unspecified atom stereocenters. The summed E-state index contributed by atoms with van der Waals surface area (Å²) in [7, 11) is 0. The summed E-state index contributed by atoms with van der Waals surface area (Å²) in [5.74, 6) is -2.31. The van der Waals surface area contributed by atoms with Crippen molar-refractivity contribution in [3.05, 3.63) is 58.6 Å². The summed E-state index contributed by atoms with van der Waals surface area (Å²) in [4.78, 5) is 44.0. The van der Waals surface area contributed by atoms with Gasteiger partial charge in [0.1, 0.15) is 0 Å². The minimum atomic E-state index is -5.00. The van der Waals surface area contributed by atoms with E-state index < -0.39 is 30.1 Å². The number of aromatic nitrogens is 2. The number of hydrogen-bond acceptors (Lipinski definition) is 4. The summed E-state index contributed by atoms with van der Waals surface area (Å²) in [6.45, 7) is 7.71. The lowest BCUT2D eigenvalue weighted by Crippen LogP contribution is -2.45. The number of hydrogen-bond donors (Lipinski definition) is 2. The topological polar surface area (TPSA) is 108 Å². The predicted octanol–water partition coefficient (Wildman–Crippen LogP) is 6.41. The first kappa shape index (κ1) is 31.1. The van der Waals surface area contributed by atoms with Crippen molar-refractivity contribution in [2.24, 2.45) is 5.41 Å². The van der Waals surface area contributed by atoms with Gasteiger partial charge in [-0.05, 0) is 67.1 Å². The fourth-order valence-corrected chi connectivity index (χ4v) is 5.16. The van der Waals surface area contributed by atoms with Crippen LogP contribution in [0.1, 0.15) is 56.5 Å². The molecule has 0 saturated carbocycles. The fourth-order valence-electron chi connectivity index (χ4n) is 5.03. The van der Waals surface area contributed by atoms with Crippen molar-refractivity contribution in [2.45, 2.75) is 71.9 Å². The van der Waals surface area contributed by atoms with Crippen molar-refractivity contribution < 1.29 is 32.7 Å². The van der Waals surface area contributed by atoms with Crippen LogP contribution in [0.15, 0.2) is 42.5 Å². The number of carbonyl (C=O) groups excluding carboxylic acids is 2. The Labute approximate surface area is 246 Å². The number of nitrogens with one attached hydrogen (secondary N) is 1. The molecule has 1 aliphatic rings. The average Bonchev–Trinajstić information content (AvgIpc) is 3.49. The number of imidazole rings is 1. The van der Waals surface area contributed by atoms with Gasteiger partial charge in [0.2, 0.25) is 5.95 Å². The van der Waals surface area contributed by atoms with Crippen molar-refractivity contribution in [1.82, 2.24) is 19.4 Å². The molecule has 1 saturated heterocycles. The Morgan fingerprint density at radius 2 is 1.81 bits per heavy atom. The van der Waals surface area contributed by atoms with Gasteiger partial charge in [0.05, 0.1) is 17.1 Å². The van der Waals surface area contributed by atoms with Gasteiger partial charge in [-0.2, -0.15) is 13.2 Å². The van der Waals surface area contributed by atoms with Crippen LogP contribution in [0.2, 0.25) is 5.02 Å². The quantitative estimate of drug-likeness (QED) is 0.323. The third-order valence-corrected chi connectivity index (χ3v) is 7.99. The van der Waals surface area contributed by atoms with Crippen LogP contribution in [0.5, 0.6) is 0 Å². The summed E-state index contributed by atoms with van der Waals surface area (Å²) in [6, 6.07) is 10.2. The van der Waals surface area contributed by atoms with Crippen LogP contribution in [0, 0.1) is 5.41 Å². The number of halogens is 4. The minimum absolute atomic E-state index is 0.0246. The van der Waals surface area contributed by atoms with Crippen LogP contribution in [0.25, 0.3) is 11.0 Å². The van der Waals surface area contributed by atoms with E-state index in [9.17, 15) is 32.7 Å². The van der Waals surface area contributed by atoms with E-state index in [1.165, 1.54) is 17.0 Å². The second kappa shape index (κ2) is 11.8. The maximum Gasteiger partial charge on any atom is 0.471 e. The molecule has 0 radical (unpaired) electrons. The minimum Gasteiger partial charge on any atom is -0.465 e. The highest BCUT2D eigenvalue weighted by Crippen LogP contribution is 2.31. The zero-order valence-electron chi connectivity index (χ0n) is 23.7. The maximum absolute atomic E-state index is 13.3. The summed E-state index contributed by atoms with van der Waals surface area (Å²) >= 11 is 5.94. The highest BCUT2D eigenvalue weighted by atomic mass is 35.5. The van der Waals surface area contributed by atoms with E-state index in [4.69, 9.17) is 11.6 Å². The standard InChI is InChI=1S/C29H33ClF3N5O4/c1-17(28(2,3)4)37(27(41)42)15-18-7-12-23-22(14-18)34-26(35-24(39)19-8-10-20(30)11-9-19)38(23)16-21-6-5-13-36(21)25(40)29(31,32)33/h7-12,14,17,21H,5-6,13,15-16H2,1-4H3,(H,41,42)(H,34,35,39). The maximum atomic E-state index is 13.3. The molecule has 3 amide bonds. The molecular formula is C29H33ClF3N5O4. The van der Waals surface area contributed by atoms with Crippen LogP contribution < -0.4 is 5.32 Å². The second-order valence-corrected chi connectivity index (χ2v) is 12.0. The molecule has 9 nitrogen and oxygen atoms in total. The Bertz CT molecular complexity index is 1480. The predicted molar refractivity (Wildman–Crippen MR) is 152 cm³/mol. The first-order chi connectivity index (χ1) is 19.6. The van der Waals surface area contributed by atoms with E-state index in [0.29, 0.717) is 40.0 Å². The molecule has 13 heteroatoms. The molecular weight excluding hydrogens is 575 g/mol. The number of anilines is 1. The lowest BCUT2D eigenvalue weighted by Gasteiger charge is -2.36. The lowest BCUT2D eigenvalue weighted by atomic mass is 9.87. The molecule has 0 bridgehead atoms. The fraction of sp³-hybridized carbons (Fsp3) is 0.448. The van der Waals surface area contributed by atoms with Crippen LogP contribution in [-0.4, -0.2) is 67.2 Å². The van der Waals surface area contributed by atoms with E-state index in [0.717, 1.165) is 4.90 Å². The number of benzene rings is 2. The molecule has 0 aliphatic carbocycles. The Hall–Kier alpha value is -3.80. The van der Waals surface area contributed by atoms with Crippen molar-refractivity contribution in [3.8, 4) is 0 Å². The SMILES string of the molecule is CC(N(Cc1ccc2c(c1)nc(NC(=O)c1ccc(Cl)cc1)n2CC1CCCN1C(=O)C(F)(F)F)C(=O)O)C(C)(C)C. The number of carboxylic acid groups (broad SMARTS) is 1. The molecule has 4 rings (SSSR count). The molecule has 2 atom stereocenters. The normalized spacial score (nSPS) is 16.5. The van der Waals surface area contributed by atoms with Crippen LogP contribution in [-0.2, 0) is 17.9 Å². The molecule has 3 aromatic rings. The number of likely N-dealkylation sites (tertiary alicyclic amines) is 1. The summed E-state index contributed by atoms with van der Waals surface area (Å²) in [5.41, 5.74) is 1.56. The van der Waals surface area contributed by atoms with Gasteiger partial charge >= 0.3 is 18.2 Å². The zero-order valence-corrected chi connectivity index (χ0v) is 24.5. The van der Waals surface area contributed by atoms with Gasteiger partial charge in [-0.1, -0.05) is 38.4 Å². The third kappa shape index (κ3) is 6.80. The highest BCUT2D eigenvalue weighted by Gasteiger charge is 2.46. The first-order valence-corrected chi connectivity index (χ1v) is 13.9. The van der Waals surface area contributed by atoms with Gasteiger partial charge in [0, 0.05) is 36.3 Å². The van der Waals surface area contributed by atoms with E-state index in [1.807, 2.05) is 27.7 Å². The van der Waals surface area contributed by atoms with Crippen molar-refractivity contribution >= 4 is 46.5 Å². The van der Waals surface area contributed by atoms with E-state index in [2.05, 4.69) is 10.3 Å². The molecule has 226 valence electrons. The second-order valence-electron chi connectivity index (χ2n) is 11.6. The monoisotopic (exact) mass is 607 g/mol. The van der Waals surface area contributed by atoms with E-state index in [-0.39, 0.29) is 37.0 Å². The summed E-state index contributed by atoms with van der Waals surface area (Å²) < 4.78 is 41.4. The Kier molecular flexibility index (Phi) is 8.77. The van der Waals surface area contributed by atoms with Gasteiger partial charge in [-0.15, -0.1) is 0 Å². The molecule has 2 N–H and O–H groups in total. The third-order valence-electron chi connectivity index (χ3n) is 7.74. The van der Waals surface area contributed by atoms with Crippen molar-refractivity contribution in [3.63, 3.8) is 0 Å². The first-order valence-electron chi connectivity index (χ1n) is 13.5. The largest absolute Gasteiger partial charge is 0.471 e.